The van der Waals surface area contributed by atoms with E-state index < -0.39 is 10.8 Å². The highest BCUT2D eigenvalue weighted by atomic mass is 16.6. The maximum Gasteiger partial charge on any atom is 0.273 e. The Morgan fingerprint density at radius 2 is 1.96 bits per heavy atom. The maximum atomic E-state index is 12.1. The monoisotopic (exact) mass is 312 g/mol. The maximum absolute atomic E-state index is 12.1. The van der Waals surface area contributed by atoms with Crippen molar-refractivity contribution in [1.29, 1.82) is 0 Å². The smallest absolute Gasteiger partial charge is 0.273 e. The number of carbonyl (C=O) groups is 1. The van der Waals surface area contributed by atoms with Crippen molar-refractivity contribution >= 4 is 23.0 Å². The summed E-state index contributed by atoms with van der Waals surface area (Å²) >= 11 is 0. The zero-order valence-corrected chi connectivity index (χ0v) is 12.7. The Hall–Kier alpha value is -3.22. The minimum Gasteiger partial charge on any atom is -0.399 e. The molecule has 1 amide bonds. The lowest BCUT2D eigenvalue weighted by Gasteiger charge is -2.05. The normalized spacial score (nSPS) is 11.1. The highest BCUT2D eigenvalue weighted by Gasteiger charge is 2.14. The lowest BCUT2D eigenvalue weighted by atomic mass is 10.1. The standard InChI is InChI=1S/C16H16N4O3/c1-10-6-7-13(9-15(10)20(22)23)16(21)19-18-11(2)12-4-3-5-14(17)8-12/h3-9H,17H2,1-2H3,(H,19,21)/b18-11+. The van der Waals surface area contributed by atoms with Crippen LogP contribution in [0.15, 0.2) is 47.6 Å². The van der Waals surface area contributed by atoms with Gasteiger partial charge in [-0.2, -0.15) is 5.10 Å². The SMILES string of the molecule is C/C(=N\NC(=O)c1ccc(C)c([N+](=O)[O-])c1)c1cccc(N)c1. The van der Waals surface area contributed by atoms with E-state index >= 15 is 0 Å². The fraction of sp³-hybridized carbons (Fsp3) is 0.125. The summed E-state index contributed by atoms with van der Waals surface area (Å²) in [5.41, 5.74) is 10.6. The zero-order chi connectivity index (χ0) is 17.0. The Balaban J connectivity index is 2.18. The summed E-state index contributed by atoms with van der Waals surface area (Å²) in [6, 6.07) is 11.4. The number of hydrogen-bond donors (Lipinski definition) is 2. The van der Waals surface area contributed by atoms with Crippen molar-refractivity contribution in [1.82, 2.24) is 5.43 Å². The Morgan fingerprint density at radius 3 is 2.61 bits per heavy atom. The first-order valence-electron chi connectivity index (χ1n) is 6.84. The Morgan fingerprint density at radius 1 is 1.22 bits per heavy atom. The van der Waals surface area contributed by atoms with Crippen LogP contribution in [0.25, 0.3) is 0 Å². The Labute approximate surface area is 133 Å². The minimum absolute atomic E-state index is 0.103. The summed E-state index contributed by atoms with van der Waals surface area (Å²) < 4.78 is 0. The van der Waals surface area contributed by atoms with Gasteiger partial charge in [-0.15, -0.1) is 0 Å². The van der Waals surface area contributed by atoms with Crippen molar-refractivity contribution in [3.8, 4) is 0 Å². The lowest BCUT2D eigenvalue weighted by Crippen LogP contribution is -2.19. The van der Waals surface area contributed by atoms with Crippen LogP contribution in [0.5, 0.6) is 0 Å². The van der Waals surface area contributed by atoms with Crippen LogP contribution in [0, 0.1) is 17.0 Å². The van der Waals surface area contributed by atoms with Gasteiger partial charge in [0.05, 0.1) is 10.6 Å². The average Bonchev–Trinajstić information content (AvgIpc) is 2.52. The molecule has 0 saturated carbocycles. The van der Waals surface area contributed by atoms with Gasteiger partial charge in [-0.3, -0.25) is 14.9 Å². The molecule has 3 N–H and O–H groups in total. The molecule has 0 aliphatic heterocycles. The molecule has 0 heterocycles. The van der Waals surface area contributed by atoms with Crippen LogP contribution in [0.1, 0.15) is 28.4 Å². The summed E-state index contributed by atoms with van der Waals surface area (Å²) in [6.07, 6.45) is 0. The number of rotatable bonds is 4. The molecule has 0 atom stereocenters. The third-order valence-corrected chi connectivity index (χ3v) is 3.30. The molecule has 0 bridgehead atoms. The van der Waals surface area contributed by atoms with Crippen LogP contribution in [0.4, 0.5) is 11.4 Å². The van der Waals surface area contributed by atoms with Gasteiger partial charge in [-0.1, -0.05) is 18.2 Å². The molecule has 2 aromatic rings. The fourth-order valence-corrected chi connectivity index (χ4v) is 1.97. The number of nitro groups is 1. The molecule has 0 spiro atoms. The van der Waals surface area contributed by atoms with E-state index in [0.717, 1.165) is 5.56 Å². The van der Waals surface area contributed by atoms with Crippen molar-refractivity contribution in [2.24, 2.45) is 5.10 Å². The fourth-order valence-electron chi connectivity index (χ4n) is 1.97. The average molecular weight is 312 g/mol. The van der Waals surface area contributed by atoms with Crippen LogP contribution in [-0.4, -0.2) is 16.5 Å². The molecule has 0 aromatic heterocycles. The predicted molar refractivity (Wildman–Crippen MR) is 88.4 cm³/mol. The molecule has 0 unspecified atom stereocenters. The van der Waals surface area contributed by atoms with Gasteiger partial charge < -0.3 is 5.73 Å². The number of carbonyl (C=O) groups excluding carboxylic acids is 1. The van der Waals surface area contributed by atoms with Crippen molar-refractivity contribution < 1.29 is 9.72 Å². The van der Waals surface area contributed by atoms with Crippen LogP contribution in [0.3, 0.4) is 0 Å². The van der Waals surface area contributed by atoms with Gasteiger partial charge in [0.1, 0.15) is 0 Å². The Kier molecular flexibility index (Phi) is 4.70. The number of hydrogen-bond acceptors (Lipinski definition) is 5. The molecule has 0 radical (unpaired) electrons. The van der Waals surface area contributed by atoms with Gasteiger partial charge in [0.15, 0.2) is 0 Å². The lowest BCUT2D eigenvalue weighted by molar-refractivity contribution is -0.385. The summed E-state index contributed by atoms with van der Waals surface area (Å²) in [5.74, 6) is -0.517. The van der Waals surface area contributed by atoms with Gasteiger partial charge in [0, 0.05) is 22.9 Å². The largest absolute Gasteiger partial charge is 0.399 e. The van der Waals surface area contributed by atoms with Gasteiger partial charge >= 0.3 is 0 Å². The molecule has 0 aliphatic rings. The number of aryl methyl sites for hydroxylation is 1. The molecule has 2 rings (SSSR count). The highest BCUT2D eigenvalue weighted by molar-refractivity contribution is 6.01. The van der Waals surface area contributed by atoms with E-state index in [9.17, 15) is 14.9 Å². The molecule has 2 aromatic carbocycles. The summed E-state index contributed by atoms with van der Waals surface area (Å²) in [5, 5.41) is 14.9. The van der Waals surface area contributed by atoms with Crippen LogP contribution in [-0.2, 0) is 0 Å². The number of benzene rings is 2. The number of nitrogen functional groups attached to an aromatic ring is 1. The van der Waals surface area contributed by atoms with E-state index in [1.807, 2.05) is 6.07 Å². The second-order valence-electron chi connectivity index (χ2n) is 5.02. The second-order valence-corrected chi connectivity index (χ2v) is 5.02. The van der Waals surface area contributed by atoms with E-state index in [4.69, 9.17) is 5.73 Å². The summed E-state index contributed by atoms with van der Waals surface area (Å²) in [7, 11) is 0. The number of nitrogens with two attached hydrogens (primary N) is 1. The van der Waals surface area contributed by atoms with Crippen LogP contribution in [0.2, 0.25) is 0 Å². The summed E-state index contributed by atoms with van der Waals surface area (Å²) in [6.45, 7) is 3.34. The Bertz CT molecular complexity index is 800. The molecule has 7 nitrogen and oxygen atoms in total. The van der Waals surface area contributed by atoms with E-state index in [0.29, 0.717) is 17.0 Å². The third-order valence-electron chi connectivity index (χ3n) is 3.30. The molecule has 118 valence electrons. The summed E-state index contributed by atoms with van der Waals surface area (Å²) in [4.78, 5) is 22.5. The van der Waals surface area contributed by atoms with Gasteiger partial charge in [0.25, 0.3) is 11.6 Å². The predicted octanol–water partition coefficient (Wildman–Crippen LogP) is 2.64. The van der Waals surface area contributed by atoms with E-state index in [1.54, 1.807) is 32.0 Å². The number of nitrogens with one attached hydrogen (secondary N) is 1. The first kappa shape index (κ1) is 16.2. The van der Waals surface area contributed by atoms with E-state index in [1.165, 1.54) is 18.2 Å². The number of amides is 1. The van der Waals surface area contributed by atoms with E-state index in [2.05, 4.69) is 10.5 Å². The number of nitro benzene ring substituents is 1. The quantitative estimate of drug-likeness (QED) is 0.391. The molecule has 0 saturated heterocycles. The van der Waals surface area contributed by atoms with Crippen molar-refractivity contribution in [2.45, 2.75) is 13.8 Å². The van der Waals surface area contributed by atoms with Gasteiger partial charge in [-0.05, 0) is 37.6 Å². The molecule has 7 heteroatoms. The molecular weight excluding hydrogens is 296 g/mol. The molecule has 0 aliphatic carbocycles. The number of hydrazone groups is 1. The van der Waals surface area contributed by atoms with Crippen molar-refractivity contribution in [2.75, 3.05) is 5.73 Å². The molecule has 23 heavy (non-hydrogen) atoms. The second kappa shape index (κ2) is 6.69. The van der Waals surface area contributed by atoms with Crippen LogP contribution >= 0.6 is 0 Å². The highest BCUT2D eigenvalue weighted by Crippen LogP contribution is 2.19. The minimum atomic E-state index is -0.520. The number of nitrogens with zero attached hydrogens (tertiary/aromatic N) is 2. The number of anilines is 1. The topological polar surface area (TPSA) is 111 Å². The molecule has 0 fully saturated rings. The van der Waals surface area contributed by atoms with Gasteiger partial charge in [0.2, 0.25) is 0 Å². The van der Waals surface area contributed by atoms with Crippen molar-refractivity contribution in [3.63, 3.8) is 0 Å². The van der Waals surface area contributed by atoms with Gasteiger partial charge in [-0.25, -0.2) is 5.43 Å². The zero-order valence-electron chi connectivity index (χ0n) is 12.7. The first-order valence-corrected chi connectivity index (χ1v) is 6.84. The van der Waals surface area contributed by atoms with E-state index in [-0.39, 0.29) is 11.3 Å². The first-order chi connectivity index (χ1) is 10.9. The third kappa shape index (κ3) is 3.91. The van der Waals surface area contributed by atoms with Crippen LogP contribution < -0.4 is 11.2 Å². The molecular formula is C16H16N4O3. The van der Waals surface area contributed by atoms with Crippen molar-refractivity contribution in [3.05, 3.63) is 69.3 Å².